The maximum absolute atomic E-state index is 13.5. The number of alkyl halides is 3. The third-order valence-electron chi connectivity index (χ3n) is 8.58. The molecule has 2 N–H and O–H groups in total. The molecule has 0 radical (unpaired) electrons. The number of aromatic nitrogens is 6. The van der Waals surface area contributed by atoms with E-state index in [1.807, 2.05) is 23.1 Å². The van der Waals surface area contributed by atoms with Gasteiger partial charge in [0.25, 0.3) is 0 Å². The molecule has 232 valence electrons. The Hall–Kier alpha value is -4.06. The predicted molar refractivity (Wildman–Crippen MR) is 154 cm³/mol. The number of hydrogen-bond acceptors (Lipinski definition) is 9. The molecule has 44 heavy (non-hydrogen) atoms. The van der Waals surface area contributed by atoms with Crippen LogP contribution >= 0.6 is 0 Å². The Bertz CT molecular complexity index is 1620. The van der Waals surface area contributed by atoms with E-state index in [2.05, 4.69) is 41.3 Å². The van der Waals surface area contributed by atoms with Crippen molar-refractivity contribution in [2.45, 2.75) is 62.5 Å². The first kappa shape index (κ1) is 30.0. The molecule has 14 heteroatoms. The fourth-order valence-electron chi connectivity index (χ4n) is 6.25. The lowest BCUT2D eigenvalue weighted by molar-refractivity contribution is -0.141. The molecule has 1 saturated carbocycles. The zero-order valence-electron chi connectivity index (χ0n) is 24.3. The van der Waals surface area contributed by atoms with E-state index in [4.69, 9.17) is 9.47 Å². The normalized spacial score (nSPS) is 21.3. The van der Waals surface area contributed by atoms with Crippen LogP contribution in [0.3, 0.4) is 0 Å². The van der Waals surface area contributed by atoms with Crippen molar-refractivity contribution in [2.75, 3.05) is 33.4 Å². The van der Waals surface area contributed by atoms with Crippen LogP contribution in [0.25, 0.3) is 22.3 Å². The lowest BCUT2D eigenvalue weighted by Gasteiger charge is -2.52. The molecule has 0 bridgehead atoms. The van der Waals surface area contributed by atoms with E-state index in [1.54, 1.807) is 19.4 Å². The first-order chi connectivity index (χ1) is 21.3. The fraction of sp³-hybridized carbons (Fsp3) is 0.500. The third-order valence-corrected chi connectivity index (χ3v) is 8.58. The van der Waals surface area contributed by atoms with E-state index < -0.39 is 17.4 Å². The van der Waals surface area contributed by atoms with Crippen molar-refractivity contribution >= 4 is 11.0 Å². The molecule has 1 aliphatic carbocycles. The lowest BCUT2D eigenvalue weighted by Crippen LogP contribution is -2.58. The van der Waals surface area contributed by atoms with Crippen LogP contribution < -0.4 is 10.1 Å². The highest BCUT2D eigenvalue weighted by atomic mass is 19.4. The van der Waals surface area contributed by atoms with Crippen molar-refractivity contribution in [1.82, 2.24) is 39.9 Å². The molecule has 1 saturated heterocycles. The summed E-state index contributed by atoms with van der Waals surface area (Å²) in [5.74, 6) is -0.00594. The highest BCUT2D eigenvalue weighted by molar-refractivity contribution is 5.90. The van der Waals surface area contributed by atoms with Gasteiger partial charge in [-0.25, -0.2) is 15.0 Å². The van der Waals surface area contributed by atoms with Gasteiger partial charge in [0, 0.05) is 68.7 Å². The van der Waals surface area contributed by atoms with Gasteiger partial charge in [-0.05, 0) is 43.4 Å². The summed E-state index contributed by atoms with van der Waals surface area (Å²) in [5, 5.41) is 18.3. The second-order valence-electron chi connectivity index (χ2n) is 11.5. The molecular formula is C30H34F3N9O2. The SMILES string of the molecule is COCCNCc1cc(OC2CCN([C@H]3C[C@@](CC#N)(n4cc(-c5ncnc6[nH]ccc56)cn4)C3)CC2)nc(C(F)(F)F)c1. The van der Waals surface area contributed by atoms with Crippen molar-refractivity contribution in [3.05, 3.63) is 54.4 Å². The molecular weight excluding hydrogens is 575 g/mol. The molecule has 11 nitrogen and oxygen atoms in total. The molecule has 2 fully saturated rings. The van der Waals surface area contributed by atoms with Crippen molar-refractivity contribution in [2.24, 2.45) is 0 Å². The Labute approximate surface area is 252 Å². The van der Waals surface area contributed by atoms with E-state index in [1.165, 1.54) is 6.33 Å². The quantitative estimate of drug-likeness (QED) is 0.239. The van der Waals surface area contributed by atoms with Gasteiger partial charge in [0.05, 0.1) is 36.5 Å². The second kappa shape index (κ2) is 12.5. The number of likely N-dealkylation sites (tertiary alicyclic amines) is 1. The van der Waals surface area contributed by atoms with Crippen LogP contribution in [0.1, 0.15) is 43.4 Å². The zero-order chi connectivity index (χ0) is 30.7. The standard InChI is InChI=1S/C30H34F3N9O2/c1-43-11-8-35-16-20-12-25(30(31,32)33)40-26(13-20)44-23-3-9-41(10-4-23)22-14-29(15-22,5-6-34)42-18-21(17-39-42)27-24-2-7-36-28(24)38-19-37-27/h2,7,12-13,17-19,22-23,35H,3-5,8-11,14-16H2,1H3,(H,36,37,38)/t22-,29+. The highest BCUT2D eigenvalue weighted by Gasteiger charge is 2.49. The number of H-pyrrole nitrogens is 1. The van der Waals surface area contributed by atoms with Gasteiger partial charge in [0.2, 0.25) is 5.88 Å². The van der Waals surface area contributed by atoms with Gasteiger partial charge in [-0.2, -0.15) is 23.5 Å². The van der Waals surface area contributed by atoms with Crippen molar-refractivity contribution < 1.29 is 22.6 Å². The molecule has 1 aliphatic heterocycles. The van der Waals surface area contributed by atoms with Crippen LogP contribution in [0.5, 0.6) is 5.88 Å². The Kier molecular flexibility index (Phi) is 8.53. The van der Waals surface area contributed by atoms with Gasteiger partial charge in [-0.3, -0.25) is 9.58 Å². The number of methoxy groups -OCH3 is 1. The number of nitrogens with one attached hydrogen (secondary N) is 2. The largest absolute Gasteiger partial charge is 0.474 e. The van der Waals surface area contributed by atoms with Crippen LogP contribution in [0, 0.1) is 11.3 Å². The van der Waals surface area contributed by atoms with Gasteiger partial charge in [0.1, 0.15) is 23.8 Å². The van der Waals surface area contributed by atoms with Crippen molar-refractivity contribution in [3.63, 3.8) is 0 Å². The maximum Gasteiger partial charge on any atom is 0.433 e. The molecule has 0 atom stereocenters. The molecule has 0 aromatic carbocycles. The molecule has 6 rings (SSSR count). The molecule has 0 amide bonds. The Balaban J connectivity index is 1.07. The average molecular weight is 610 g/mol. The molecule has 4 aromatic heterocycles. The highest BCUT2D eigenvalue weighted by Crippen LogP contribution is 2.45. The van der Waals surface area contributed by atoms with Gasteiger partial charge in [0.15, 0.2) is 0 Å². The lowest BCUT2D eigenvalue weighted by atomic mass is 9.69. The van der Waals surface area contributed by atoms with Crippen LogP contribution in [0.4, 0.5) is 13.2 Å². The van der Waals surface area contributed by atoms with Gasteiger partial charge in [-0.15, -0.1) is 0 Å². The van der Waals surface area contributed by atoms with Gasteiger partial charge in [-0.1, -0.05) is 0 Å². The van der Waals surface area contributed by atoms with Crippen LogP contribution in [-0.2, 0) is 23.0 Å². The molecule has 2 aliphatic rings. The number of halogens is 3. The number of rotatable bonds is 11. The third kappa shape index (κ3) is 6.26. The molecule has 0 spiro atoms. The summed E-state index contributed by atoms with van der Waals surface area (Å²) >= 11 is 0. The first-order valence-electron chi connectivity index (χ1n) is 14.7. The number of ether oxygens (including phenoxy) is 2. The summed E-state index contributed by atoms with van der Waals surface area (Å²) in [5.41, 5.74) is 1.51. The Morgan fingerprint density at radius 3 is 2.77 bits per heavy atom. The molecule has 5 heterocycles. The van der Waals surface area contributed by atoms with Crippen LogP contribution in [-0.4, -0.2) is 80.1 Å². The number of nitriles is 1. The summed E-state index contributed by atoms with van der Waals surface area (Å²) in [6.07, 6.45) is 5.56. The Morgan fingerprint density at radius 2 is 2.02 bits per heavy atom. The number of fused-ring (bicyclic) bond motifs is 1. The van der Waals surface area contributed by atoms with Gasteiger partial charge < -0.3 is 19.8 Å². The summed E-state index contributed by atoms with van der Waals surface area (Å²) in [4.78, 5) is 18.0. The minimum absolute atomic E-state index is 0.00594. The van der Waals surface area contributed by atoms with E-state index in [0.29, 0.717) is 38.0 Å². The summed E-state index contributed by atoms with van der Waals surface area (Å²) in [7, 11) is 1.57. The van der Waals surface area contributed by atoms with Crippen LogP contribution in [0.2, 0.25) is 0 Å². The monoisotopic (exact) mass is 609 g/mol. The predicted octanol–water partition coefficient (Wildman–Crippen LogP) is 4.29. The minimum atomic E-state index is -4.57. The number of pyridine rings is 1. The first-order valence-corrected chi connectivity index (χ1v) is 14.7. The van der Waals surface area contributed by atoms with Crippen molar-refractivity contribution in [1.29, 1.82) is 5.26 Å². The van der Waals surface area contributed by atoms with E-state index in [-0.39, 0.29) is 24.6 Å². The summed E-state index contributed by atoms with van der Waals surface area (Å²) in [6.45, 7) is 2.73. The van der Waals surface area contributed by atoms with E-state index in [9.17, 15) is 18.4 Å². The van der Waals surface area contributed by atoms with Crippen molar-refractivity contribution in [3.8, 4) is 23.2 Å². The van der Waals surface area contributed by atoms with E-state index >= 15 is 0 Å². The molecule has 4 aromatic rings. The second-order valence-corrected chi connectivity index (χ2v) is 11.5. The van der Waals surface area contributed by atoms with E-state index in [0.717, 1.165) is 54.3 Å². The van der Waals surface area contributed by atoms with Crippen LogP contribution in [0.15, 0.2) is 43.1 Å². The molecule has 0 unspecified atom stereocenters. The number of aromatic amines is 1. The summed E-state index contributed by atoms with van der Waals surface area (Å²) in [6, 6.07) is 7.19. The zero-order valence-corrected chi connectivity index (χ0v) is 24.3. The topological polar surface area (TPSA) is 130 Å². The maximum atomic E-state index is 13.5. The van der Waals surface area contributed by atoms with Gasteiger partial charge >= 0.3 is 6.18 Å². The fourth-order valence-corrected chi connectivity index (χ4v) is 6.25. The number of nitrogens with zero attached hydrogens (tertiary/aromatic N) is 7. The average Bonchev–Trinajstić information content (AvgIpc) is 3.68. The smallest absolute Gasteiger partial charge is 0.433 e. The number of hydrogen-bond donors (Lipinski definition) is 2. The summed E-state index contributed by atoms with van der Waals surface area (Å²) < 4.78 is 53.5. The Morgan fingerprint density at radius 1 is 1.20 bits per heavy atom. The minimum Gasteiger partial charge on any atom is -0.474 e. The number of piperidine rings is 1.